The SMILES string of the molecule is COc1ccccc1CC(O)CCc1cccnc1. The number of aromatic nitrogens is 1. The molecule has 0 saturated heterocycles. The molecule has 1 aromatic carbocycles. The van der Waals surface area contributed by atoms with E-state index in [0.717, 1.165) is 29.7 Å². The molecule has 3 nitrogen and oxygen atoms in total. The number of pyridine rings is 1. The fourth-order valence-electron chi connectivity index (χ4n) is 2.11. The number of nitrogens with zero attached hydrogens (tertiary/aromatic N) is 1. The molecule has 2 rings (SSSR count). The number of rotatable bonds is 6. The van der Waals surface area contributed by atoms with E-state index in [-0.39, 0.29) is 6.10 Å². The first-order valence-electron chi connectivity index (χ1n) is 6.48. The molecule has 0 aliphatic carbocycles. The number of hydrogen-bond acceptors (Lipinski definition) is 3. The first-order valence-corrected chi connectivity index (χ1v) is 6.48. The van der Waals surface area contributed by atoms with E-state index >= 15 is 0 Å². The Kier molecular flexibility index (Phi) is 4.93. The number of aliphatic hydroxyl groups is 1. The summed E-state index contributed by atoms with van der Waals surface area (Å²) in [6.45, 7) is 0. The summed E-state index contributed by atoms with van der Waals surface area (Å²) in [6, 6.07) is 11.8. The fraction of sp³-hybridized carbons (Fsp3) is 0.312. The Balaban J connectivity index is 1.89. The minimum Gasteiger partial charge on any atom is -0.496 e. The highest BCUT2D eigenvalue weighted by atomic mass is 16.5. The second kappa shape index (κ2) is 6.90. The standard InChI is InChI=1S/C16H19NO2/c1-19-16-7-3-2-6-14(16)11-15(18)9-8-13-5-4-10-17-12-13/h2-7,10,12,15,18H,8-9,11H2,1H3. The highest BCUT2D eigenvalue weighted by Gasteiger charge is 2.09. The second-order valence-corrected chi connectivity index (χ2v) is 4.57. The van der Waals surface area contributed by atoms with Crippen molar-refractivity contribution in [2.45, 2.75) is 25.4 Å². The molecule has 1 unspecified atom stereocenters. The summed E-state index contributed by atoms with van der Waals surface area (Å²) in [6.07, 6.45) is 5.42. The van der Waals surface area contributed by atoms with Gasteiger partial charge in [0.1, 0.15) is 5.75 Å². The Labute approximate surface area is 113 Å². The lowest BCUT2D eigenvalue weighted by molar-refractivity contribution is 0.164. The lowest BCUT2D eigenvalue weighted by Crippen LogP contribution is -2.12. The summed E-state index contributed by atoms with van der Waals surface area (Å²) < 4.78 is 5.29. The van der Waals surface area contributed by atoms with Gasteiger partial charge in [-0.1, -0.05) is 24.3 Å². The van der Waals surface area contributed by atoms with Gasteiger partial charge in [0, 0.05) is 18.8 Å². The third kappa shape index (κ3) is 4.07. The first kappa shape index (κ1) is 13.6. The van der Waals surface area contributed by atoms with Gasteiger partial charge >= 0.3 is 0 Å². The Morgan fingerprint density at radius 1 is 1.21 bits per heavy atom. The predicted octanol–water partition coefficient (Wildman–Crippen LogP) is 2.63. The molecule has 0 fully saturated rings. The van der Waals surface area contributed by atoms with E-state index in [9.17, 15) is 5.11 Å². The number of aliphatic hydroxyl groups excluding tert-OH is 1. The summed E-state index contributed by atoms with van der Waals surface area (Å²) >= 11 is 0. The molecule has 100 valence electrons. The highest BCUT2D eigenvalue weighted by Crippen LogP contribution is 2.20. The minimum absolute atomic E-state index is 0.364. The highest BCUT2D eigenvalue weighted by molar-refractivity contribution is 5.33. The lowest BCUT2D eigenvalue weighted by atomic mass is 10.0. The lowest BCUT2D eigenvalue weighted by Gasteiger charge is -2.13. The zero-order chi connectivity index (χ0) is 13.5. The second-order valence-electron chi connectivity index (χ2n) is 4.57. The molecule has 2 aromatic rings. The van der Waals surface area contributed by atoms with Crippen LogP contribution in [0.15, 0.2) is 48.8 Å². The number of benzene rings is 1. The fourth-order valence-corrected chi connectivity index (χ4v) is 2.11. The number of methoxy groups -OCH3 is 1. The van der Waals surface area contributed by atoms with Crippen LogP contribution in [0.5, 0.6) is 5.75 Å². The zero-order valence-corrected chi connectivity index (χ0v) is 11.1. The van der Waals surface area contributed by atoms with Crippen LogP contribution in [0.25, 0.3) is 0 Å². The topological polar surface area (TPSA) is 42.4 Å². The molecule has 1 atom stereocenters. The van der Waals surface area contributed by atoms with Gasteiger partial charge in [-0.3, -0.25) is 4.98 Å². The minimum atomic E-state index is -0.364. The Hall–Kier alpha value is -1.87. The van der Waals surface area contributed by atoms with Gasteiger partial charge in [0.25, 0.3) is 0 Å². The summed E-state index contributed by atoms with van der Waals surface area (Å²) in [5.41, 5.74) is 2.20. The van der Waals surface area contributed by atoms with E-state index in [2.05, 4.69) is 4.98 Å². The summed E-state index contributed by atoms with van der Waals surface area (Å²) in [4.78, 5) is 4.07. The third-order valence-corrected chi connectivity index (χ3v) is 3.14. The largest absolute Gasteiger partial charge is 0.496 e. The Morgan fingerprint density at radius 3 is 2.79 bits per heavy atom. The Bertz CT molecular complexity index is 499. The van der Waals surface area contributed by atoms with Crippen molar-refractivity contribution in [2.24, 2.45) is 0 Å². The van der Waals surface area contributed by atoms with Crippen LogP contribution < -0.4 is 4.74 Å². The van der Waals surface area contributed by atoms with Crippen LogP contribution in [-0.4, -0.2) is 23.3 Å². The molecule has 0 spiro atoms. The van der Waals surface area contributed by atoms with E-state index in [1.807, 2.05) is 42.6 Å². The van der Waals surface area contributed by atoms with Crippen molar-refractivity contribution < 1.29 is 9.84 Å². The summed E-state index contributed by atoms with van der Waals surface area (Å²) in [7, 11) is 1.65. The molecule has 0 radical (unpaired) electrons. The van der Waals surface area contributed by atoms with E-state index in [1.165, 1.54) is 0 Å². The van der Waals surface area contributed by atoms with Crippen molar-refractivity contribution in [2.75, 3.05) is 7.11 Å². The number of aryl methyl sites for hydroxylation is 1. The van der Waals surface area contributed by atoms with E-state index in [1.54, 1.807) is 13.3 Å². The smallest absolute Gasteiger partial charge is 0.122 e. The monoisotopic (exact) mass is 257 g/mol. The molecule has 0 bridgehead atoms. The van der Waals surface area contributed by atoms with Crippen molar-refractivity contribution in [3.8, 4) is 5.75 Å². The zero-order valence-electron chi connectivity index (χ0n) is 11.1. The van der Waals surface area contributed by atoms with Crippen LogP contribution in [0.4, 0.5) is 0 Å². The summed E-state index contributed by atoms with van der Waals surface area (Å²) in [5, 5.41) is 10.1. The number of ether oxygens (including phenoxy) is 1. The molecule has 0 amide bonds. The van der Waals surface area contributed by atoms with Crippen LogP contribution in [-0.2, 0) is 12.8 Å². The Morgan fingerprint density at radius 2 is 2.05 bits per heavy atom. The van der Waals surface area contributed by atoms with Crippen molar-refractivity contribution in [1.82, 2.24) is 4.98 Å². The van der Waals surface area contributed by atoms with Crippen LogP contribution in [0.2, 0.25) is 0 Å². The average Bonchev–Trinajstić information content (AvgIpc) is 2.47. The molecule has 1 heterocycles. The van der Waals surface area contributed by atoms with E-state index in [0.29, 0.717) is 6.42 Å². The van der Waals surface area contributed by atoms with Gasteiger partial charge in [-0.25, -0.2) is 0 Å². The van der Waals surface area contributed by atoms with Crippen LogP contribution >= 0.6 is 0 Å². The van der Waals surface area contributed by atoms with Crippen LogP contribution in [0.1, 0.15) is 17.5 Å². The maximum Gasteiger partial charge on any atom is 0.122 e. The summed E-state index contributed by atoms with van der Waals surface area (Å²) in [5.74, 6) is 0.836. The third-order valence-electron chi connectivity index (χ3n) is 3.14. The quantitative estimate of drug-likeness (QED) is 0.865. The van der Waals surface area contributed by atoms with Gasteiger partial charge in [0.15, 0.2) is 0 Å². The number of hydrogen-bond donors (Lipinski definition) is 1. The molecule has 1 aromatic heterocycles. The van der Waals surface area contributed by atoms with Gasteiger partial charge in [-0.05, 0) is 36.1 Å². The van der Waals surface area contributed by atoms with E-state index in [4.69, 9.17) is 4.74 Å². The number of para-hydroxylation sites is 1. The average molecular weight is 257 g/mol. The van der Waals surface area contributed by atoms with Gasteiger partial charge in [0.2, 0.25) is 0 Å². The molecular weight excluding hydrogens is 238 g/mol. The molecule has 1 N–H and O–H groups in total. The van der Waals surface area contributed by atoms with Crippen LogP contribution in [0.3, 0.4) is 0 Å². The molecular formula is C16H19NO2. The molecule has 0 aliphatic rings. The maximum absolute atomic E-state index is 10.1. The van der Waals surface area contributed by atoms with Crippen molar-refractivity contribution in [3.63, 3.8) is 0 Å². The van der Waals surface area contributed by atoms with Gasteiger partial charge in [-0.15, -0.1) is 0 Å². The van der Waals surface area contributed by atoms with Crippen LogP contribution in [0, 0.1) is 0 Å². The van der Waals surface area contributed by atoms with Crippen molar-refractivity contribution in [3.05, 3.63) is 59.9 Å². The van der Waals surface area contributed by atoms with Gasteiger partial charge < -0.3 is 9.84 Å². The van der Waals surface area contributed by atoms with Gasteiger partial charge in [0.05, 0.1) is 13.2 Å². The van der Waals surface area contributed by atoms with Crippen molar-refractivity contribution in [1.29, 1.82) is 0 Å². The predicted molar refractivity (Wildman–Crippen MR) is 75.3 cm³/mol. The normalized spacial score (nSPS) is 12.1. The maximum atomic E-state index is 10.1. The first-order chi connectivity index (χ1) is 9.29. The molecule has 0 aliphatic heterocycles. The van der Waals surface area contributed by atoms with Gasteiger partial charge in [-0.2, -0.15) is 0 Å². The van der Waals surface area contributed by atoms with E-state index < -0.39 is 0 Å². The molecule has 0 saturated carbocycles. The van der Waals surface area contributed by atoms with Crippen molar-refractivity contribution >= 4 is 0 Å². The molecule has 3 heteroatoms. The molecule has 19 heavy (non-hydrogen) atoms.